The van der Waals surface area contributed by atoms with E-state index in [1.165, 1.54) is 21.5 Å². The second-order valence-corrected chi connectivity index (χ2v) is 11.7. The molecule has 28 heavy (non-hydrogen) atoms. The van der Waals surface area contributed by atoms with Crippen LogP contribution in [0.5, 0.6) is 0 Å². The van der Waals surface area contributed by atoms with Gasteiger partial charge >= 0.3 is 167 Å². The Morgan fingerprint density at radius 1 is 0.500 bits per heavy atom. The number of rotatable bonds is 6. The van der Waals surface area contributed by atoms with Gasteiger partial charge in [0.1, 0.15) is 0 Å². The Hall–Kier alpha value is -2.73. The molecule has 0 fully saturated rings. The fourth-order valence-electron chi connectivity index (χ4n) is 4.26. The molecule has 0 spiro atoms. The first kappa shape index (κ1) is 18.6. The molecular formula is C26H25OP. The summed E-state index contributed by atoms with van der Waals surface area (Å²) in [5.74, 6) is 0. The van der Waals surface area contributed by atoms with Crippen molar-refractivity contribution in [1.29, 1.82) is 0 Å². The van der Waals surface area contributed by atoms with Gasteiger partial charge in [0, 0.05) is 0 Å². The number of benzene rings is 4. The topological polar surface area (TPSA) is 9.23 Å². The number of hydrogen-bond donors (Lipinski definition) is 0. The van der Waals surface area contributed by atoms with Crippen molar-refractivity contribution in [3.8, 4) is 0 Å². The van der Waals surface area contributed by atoms with E-state index in [4.69, 9.17) is 4.52 Å². The van der Waals surface area contributed by atoms with Crippen molar-refractivity contribution in [3.63, 3.8) is 0 Å². The quantitative estimate of drug-likeness (QED) is 0.411. The maximum atomic E-state index is 6.82. The Morgan fingerprint density at radius 3 is 1.14 bits per heavy atom. The zero-order chi connectivity index (χ0) is 19.3. The molecule has 0 heterocycles. The summed E-state index contributed by atoms with van der Waals surface area (Å²) in [6.07, 6.45) is 0.820. The van der Waals surface area contributed by atoms with E-state index in [2.05, 4.69) is 121 Å². The van der Waals surface area contributed by atoms with Crippen LogP contribution in [0.15, 0.2) is 121 Å². The molecule has 4 aromatic rings. The first-order chi connectivity index (χ1) is 13.8. The molecule has 0 aliphatic heterocycles. The Bertz CT molecular complexity index is 916. The van der Waals surface area contributed by atoms with Gasteiger partial charge in [-0.1, -0.05) is 0 Å². The molecular weight excluding hydrogens is 359 g/mol. The molecule has 0 aromatic heterocycles. The molecule has 4 aromatic carbocycles. The van der Waals surface area contributed by atoms with Crippen molar-refractivity contribution in [1.82, 2.24) is 0 Å². The van der Waals surface area contributed by atoms with Gasteiger partial charge in [-0.25, -0.2) is 0 Å². The predicted molar refractivity (Wildman–Crippen MR) is 122 cm³/mol. The second-order valence-electron chi connectivity index (χ2n) is 7.05. The molecule has 0 aliphatic carbocycles. The Morgan fingerprint density at radius 2 is 0.821 bits per heavy atom. The molecule has 0 atom stereocenters. The standard InChI is InChI=1S/C26H25OP/c1-27-28(24-16-8-3-9-17-24,25-18-10-4-11-19-25,26-20-12-5-13-21-26)22-23-14-6-2-7-15-23/h2-21H,22H2,1H3. The van der Waals surface area contributed by atoms with Gasteiger partial charge in [0.05, 0.1) is 0 Å². The fraction of sp³-hybridized carbons (Fsp3) is 0.0769. The molecule has 0 saturated heterocycles. The Balaban J connectivity index is 2.14. The van der Waals surface area contributed by atoms with E-state index in [9.17, 15) is 0 Å². The summed E-state index contributed by atoms with van der Waals surface area (Å²) in [5, 5.41) is 3.74. The summed E-state index contributed by atoms with van der Waals surface area (Å²) in [7, 11) is 1.88. The van der Waals surface area contributed by atoms with Crippen molar-refractivity contribution < 1.29 is 4.52 Å². The third-order valence-electron chi connectivity index (χ3n) is 5.64. The first-order valence-electron chi connectivity index (χ1n) is 9.57. The zero-order valence-electron chi connectivity index (χ0n) is 16.1. The summed E-state index contributed by atoms with van der Waals surface area (Å²) in [5.41, 5.74) is 1.28. The van der Waals surface area contributed by atoms with Crippen molar-refractivity contribution in [2.24, 2.45) is 0 Å². The zero-order valence-corrected chi connectivity index (χ0v) is 17.0. The molecule has 2 heteroatoms. The molecule has 0 aliphatic rings. The van der Waals surface area contributed by atoms with Gasteiger partial charge < -0.3 is 0 Å². The molecule has 0 amide bonds. The van der Waals surface area contributed by atoms with Crippen molar-refractivity contribution in [2.45, 2.75) is 6.16 Å². The van der Waals surface area contributed by atoms with Crippen LogP contribution < -0.4 is 15.9 Å². The van der Waals surface area contributed by atoms with E-state index in [-0.39, 0.29) is 0 Å². The van der Waals surface area contributed by atoms with E-state index in [1.807, 2.05) is 7.11 Å². The average Bonchev–Trinajstić information content (AvgIpc) is 2.80. The van der Waals surface area contributed by atoms with Crippen LogP contribution in [0.3, 0.4) is 0 Å². The van der Waals surface area contributed by atoms with Crippen LogP contribution in [0, 0.1) is 0 Å². The minimum atomic E-state index is -3.20. The van der Waals surface area contributed by atoms with Gasteiger partial charge in [-0.2, -0.15) is 0 Å². The third kappa shape index (κ3) is 2.88. The SMILES string of the molecule is COP(Cc1ccccc1)(c1ccccc1)(c1ccccc1)c1ccccc1. The van der Waals surface area contributed by atoms with Gasteiger partial charge in [-0.05, 0) is 0 Å². The first-order valence-corrected chi connectivity index (χ1v) is 11.9. The summed E-state index contributed by atoms with van der Waals surface area (Å²) in [4.78, 5) is 0. The monoisotopic (exact) mass is 384 g/mol. The van der Waals surface area contributed by atoms with Gasteiger partial charge in [0.2, 0.25) is 0 Å². The van der Waals surface area contributed by atoms with E-state index >= 15 is 0 Å². The molecule has 0 unspecified atom stereocenters. The molecule has 0 saturated carbocycles. The van der Waals surface area contributed by atoms with Crippen LogP contribution in [-0.2, 0) is 10.7 Å². The minimum absolute atomic E-state index is 0.820. The van der Waals surface area contributed by atoms with Gasteiger partial charge in [-0.15, -0.1) is 0 Å². The fourth-order valence-corrected chi connectivity index (χ4v) is 9.78. The van der Waals surface area contributed by atoms with Crippen molar-refractivity contribution >= 4 is 22.7 Å². The summed E-state index contributed by atoms with van der Waals surface area (Å²) in [6.45, 7) is -3.20. The van der Waals surface area contributed by atoms with Crippen LogP contribution in [0.1, 0.15) is 5.56 Å². The Labute approximate surface area is 167 Å². The molecule has 0 bridgehead atoms. The third-order valence-corrected chi connectivity index (χ3v) is 11.6. The van der Waals surface area contributed by atoms with E-state index in [0.29, 0.717) is 0 Å². The molecule has 0 radical (unpaired) electrons. The molecule has 1 nitrogen and oxygen atoms in total. The van der Waals surface area contributed by atoms with Gasteiger partial charge in [0.25, 0.3) is 0 Å². The molecule has 0 N–H and O–H groups in total. The molecule has 4 rings (SSSR count). The van der Waals surface area contributed by atoms with Crippen LogP contribution in [-0.4, -0.2) is 7.11 Å². The van der Waals surface area contributed by atoms with Gasteiger partial charge in [-0.3, -0.25) is 0 Å². The number of hydrogen-bond acceptors (Lipinski definition) is 1. The van der Waals surface area contributed by atoms with Crippen LogP contribution in [0.2, 0.25) is 0 Å². The second kappa shape index (κ2) is 7.72. The van der Waals surface area contributed by atoms with Crippen LogP contribution in [0.4, 0.5) is 0 Å². The summed E-state index contributed by atoms with van der Waals surface area (Å²) in [6, 6.07) is 43.0. The van der Waals surface area contributed by atoms with Crippen LogP contribution >= 0.6 is 6.83 Å². The predicted octanol–water partition coefficient (Wildman–Crippen LogP) is 5.28. The average molecular weight is 384 g/mol. The normalized spacial score (nSPS) is 12.8. The summed E-state index contributed by atoms with van der Waals surface area (Å²) < 4.78 is 6.82. The van der Waals surface area contributed by atoms with Crippen LogP contribution in [0.25, 0.3) is 0 Å². The summed E-state index contributed by atoms with van der Waals surface area (Å²) >= 11 is 0. The molecule has 140 valence electrons. The van der Waals surface area contributed by atoms with Crippen molar-refractivity contribution in [2.75, 3.05) is 7.11 Å². The Kier molecular flexibility index (Phi) is 5.13. The van der Waals surface area contributed by atoms with E-state index in [1.54, 1.807) is 0 Å². The van der Waals surface area contributed by atoms with E-state index < -0.39 is 6.83 Å². The maximum absolute atomic E-state index is 6.82. The van der Waals surface area contributed by atoms with Crippen molar-refractivity contribution in [3.05, 3.63) is 127 Å². The van der Waals surface area contributed by atoms with E-state index in [0.717, 1.165) is 6.16 Å². The van der Waals surface area contributed by atoms with Gasteiger partial charge in [0.15, 0.2) is 0 Å².